The second-order valence-corrected chi connectivity index (χ2v) is 5.43. The average molecular weight is 298 g/mol. The van der Waals surface area contributed by atoms with Gasteiger partial charge in [-0.25, -0.2) is 9.67 Å². The predicted octanol–water partition coefficient (Wildman–Crippen LogP) is 2.58. The lowest BCUT2D eigenvalue weighted by Gasteiger charge is -2.20. The van der Waals surface area contributed by atoms with Crippen LogP contribution in [0.4, 0.5) is 5.95 Å². The number of rotatable bonds is 1. The van der Waals surface area contributed by atoms with Gasteiger partial charge in [0.2, 0.25) is 0 Å². The molecule has 2 aromatic rings. The van der Waals surface area contributed by atoms with Crippen LogP contribution < -0.4 is 0 Å². The first kappa shape index (κ1) is 10.1. The fourth-order valence-electron chi connectivity index (χ4n) is 1.79. The Hall–Kier alpha value is -1.08. The van der Waals surface area contributed by atoms with Crippen molar-refractivity contribution in [2.24, 2.45) is 4.99 Å². The third-order valence-electron chi connectivity index (χ3n) is 2.50. The smallest absolute Gasteiger partial charge is 0.220 e. The fourth-order valence-corrected chi connectivity index (χ4v) is 3.52. The van der Waals surface area contributed by atoms with Crippen molar-refractivity contribution in [3.05, 3.63) is 20.8 Å². The fraction of sp³-hybridized carbons (Fsp3) is 0.333. The average Bonchev–Trinajstić information content (AvgIpc) is 2.84. The van der Waals surface area contributed by atoms with Gasteiger partial charge in [0.05, 0.1) is 6.04 Å². The van der Waals surface area contributed by atoms with Gasteiger partial charge in [0.1, 0.15) is 0 Å². The van der Waals surface area contributed by atoms with E-state index in [2.05, 4.69) is 41.8 Å². The van der Waals surface area contributed by atoms with Gasteiger partial charge in [0.25, 0.3) is 5.95 Å². The van der Waals surface area contributed by atoms with E-state index >= 15 is 0 Å². The molecule has 0 spiro atoms. The number of nitrogens with zero attached hydrogens (tertiary/aromatic N) is 5. The van der Waals surface area contributed by atoms with E-state index in [-0.39, 0.29) is 6.04 Å². The van der Waals surface area contributed by atoms with Crippen molar-refractivity contribution in [1.29, 1.82) is 0 Å². The number of hydrogen-bond donors (Lipinski definition) is 0. The number of halogens is 1. The van der Waals surface area contributed by atoms with E-state index in [9.17, 15) is 0 Å². The molecule has 0 radical (unpaired) electrons. The molecule has 0 amide bonds. The van der Waals surface area contributed by atoms with E-state index in [1.165, 1.54) is 4.88 Å². The van der Waals surface area contributed by atoms with Crippen molar-refractivity contribution in [3.8, 4) is 0 Å². The van der Waals surface area contributed by atoms with Gasteiger partial charge in [0, 0.05) is 21.5 Å². The van der Waals surface area contributed by atoms with E-state index in [1.54, 1.807) is 16.0 Å². The maximum absolute atomic E-state index is 4.33. The zero-order valence-electron chi connectivity index (χ0n) is 8.46. The Labute approximate surface area is 104 Å². The molecular formula is C9H8BrN5S. The summed E-state index contributed by atoms with van der Waals surface area (Å²) in [7, 11) is 0. The largest absolute Gasteiger partial charge is 0.269 e. The van der Waals surface area contributed by atoms with Crippen molar-refractivity contribution in [2.75, 3.05) is 0 Å². The summed E-state index contributed by atoms with van der Waals surface area (Å²) in [5, 5.41) is 13.6. The van der Waals surface area contributed by atoms with Crippen molar-refractivity contribution >= 4 is 38.9 Å². The first-order valence-electron chi connectivity index (χ1n) is 4.80. The molecule has 1 atom stereocenters. The van der Waals surface area contributed by atoms with Gasteiger partial charge in [-0.1, -0.05) is 5.10 Å². The molecule has 0 aliphatic carbocycles. The van der Waals surface area contributed by atoms with E-state index < -0.39 is 0 Å². The van der Waals surface area contributed by atoms with E-state index in [0.717, 1.165) is 16.6 Å². The molecule has 1 unspecified atom stereocenters. The number of fused-ring (bicyclic) bond motifs is 1. The standard InChI is InChI=1S/C9H8BrN5S/c1-5-4-7(8-6(10)2-3-16-8)15-9(11-5)12-13-14-15/h2-3,7H,4H2,1H3. The predicted molar refractivity (Wildman–Crippen MR) is 65.4 cm³/mol. The number of aromatic nitrogens is 4. The first-order chi connectivity index (χ1) is 7.75. The van der Waals surface area contributed by atoms with E-state index in [0.29, 0.717) is 5.95 Å². The number of tetrazole rings is 1. The monoisotopic (exact) mass is 297 g/mol. The van der Waals surface area contributed by atoms with Gasteiger partial charge in [-0.3, -0.25) is 0 Å². The Morgan fingerprint density at radius 2 is 2.44 bits per heavy atom. The van der Waals surface area contributed by atoms with E-state index in [1.807, 2.05) is 13.0 Å². The highest BCUT2D eigenvalue weighted by molar-refractivity contribution is 9.10. The van der Waals surface area contributed by atoms with Gasteiger partial charge in [-0.05, 0) is 44.7 Å². The normalized spacial score (nSPS) is 19.4. The quantitative estimate of drug-likeness (QED) is 0.813. The highest BCUT2D eigenvalue weighted by atomic mass is 79.9. The van der Waals surface area contributed by atoms with Gasteiger partial charge in [0.15, 0.2) is 0 Å². The molecule has 82 valence electrons. The topological polar surface area (TPSA) is 56.0 Å². The van der Waals surface area contributed by atoms with Crippen LogP contribution in [0.2, 0.25) is 0 Å². The Morgan fingerprint density at radius 3 is 3.19 bits per heavy atom. The maximum atomic E-state index is 4.33. The lowest BCUT2D eigenvalue weighted by molar-refractivity contribution is 0.519. The summed E-state index contributed by atoms with van der Waals surface area (Å²) < 4.78 is 2.89. The summed E-state index contributed by atoms with van der Waals surface area (Å²) in [5.74, 6) is 0.592. The molecule has 0 bridgehead atoms. The van der Waals surface area contributed by atoms with Crippen LogP contribution in [-0.4, -0.2) is 25.9 Å². The molecule has 0 saturated heterocycles. The molecule has 3 heterocycles. The molecule has 2 aromatic heterocycles. The molecule has 1 aliphatic heterocycles. The van der Waals surface area contributed by atoms with Gasteiger partial charge in [-0.15, -0.1) is 11.3 Å². The van der Waals surface area contributed by atoms with Crippen LogP contribution in [0.15, 0.2) is 20.9 Å². The molecule has 5 nitrogen and oxygen atoms in total. The van der Waals surface area contributed by atoms with Gasteiger partial charge >= 0.3 is 0 Å². The lowest BCUT2D eigenvalue weighted by Crippen LogP contribution is -2.18. The SMILES string of the molecule is CC1=Nc2nnnn2C(c2sccc2Br)C1. The van der Waals surface area contributed by atoms with E-state index in [4.69, 9.17) is 0 Å². The van der Waals surface area contributed by atoms with Crippen molar-refractivity contribution in [1.82, 2.24) is 20.2 Å². The summed E-state index contributed by atoms with van der Waals surface area (Å²) in [6, 6.07) is 2.21. The highest BCUT2D eigenvalue weighted by Crippen LogP contribution is 2.36. The molecular weight excluding hydrogens is 290 g/mol. The third kappa shape index (κ3) is 1.51. The second-order valence-electron chi connectivity index (χ2n) is 3.62. The highest BCUT2D eigenvalue weighted by Gasteiger charge is 2.26. The minimum absolute atomic E-state index is 0.164. The molecule has 3 rings (SSSR count). The molecule has 0 N–H and O–H groups in total. The Balaban J connectivity index is 2.12. The Kier molecular flexibility index (Phi) is 2.36. The van der Waals surface area contributed by atoms with Crippen LogP contribution in [0, 0.1) is 0 Å². The second kappa shape index (κ2) is 3.74. The van der Waals surface area contributed by atoms with Gasteiger partial charge < -0.3 is 0 Å². The summed E-state index contributed by atoms with van der Waals surface area (Å²) in [4.78, 5) is 5.57. The summed E-state index contributed by atoms with van der Waals surface area (Å²) in [5.41, 5.74) is 1.06. The van der Waals surface area contributed by atoms with Crippen LogP contribution in [0.1, 0.15) is 24.3 Å². The molecule has 1 aliphatic rings. The van der Waals surface area contributed by atoms with Crippen LogP contribution in [0.3, 0.4) is 0 Å². The van der Waals surface area contributed by atoms with Crippen LogP contribution >= 0.6 is 27.3 Å². The molecule has 0 saturated carbocycles. The minimum atomic E-state index is 0.164. The third-order valence-corrected chi connectivity index (χ3v) is 4.47. The Bertz CT molecular complexity index is 558. The molecule has 0 fully saturated rings. The number of aliphatic imine (C=N–C) groups is 1. The molecule has 7 heteroatoms. The van der Waals surface area contributed by atoms with Crippen molar-refractivity contribution in [3.63, 3.8) is 0 Å². The number of hydrogen-bond acceptors (Lipinski definition) is 5. The zero-order chi connectivity index (χ0) is 11.1. The van der Waals surface area contributed by atoms with Crippen molar-refractivity contribution in [2.45, 2.75) is 19.4 Å². The first-order valence-corrected chi connectivity index (χ1v) is 6.48. The maximum Gasteiger partial charge on any atom is 0.269 e. The summed E-state index contributed by atoms with van der Waals surface area (Å²) in [6.07, 6.45) is 0.858. The van der Waals surface area contributed by atoms with Crippen LogP contribution in [-0.2, 0) is 0 Å². The van der Waals surface area contributed by atoms with Crippen LogP contribution in [0.25, 0.3) is 0 Å². The van der Waals surface area contributed by atoms with Crippen molar-refractivity contribution < 1.29 is 0 Å². The molecule has 16 heavy (non-hydrogen) atoms. The lowest BCUT2D eigenvalue weighted by atomic mass is 10.1. The van der Waals surface area contributed by atoms with Gasteiger partial charge in [-0.2, -0.15) is 0 Å². The summed E-state index contributed by atoms with van der Waals surface area (Å²) >= 11 is 5.26. The Morgan fingerprint density at radius 1 is 1.56 bits per heavy atom. The number of thiophene rings is 1. The minimum Gasteiger partial charge on any atom is -0.220 e. The molecule has 0 aromatic carbocycles. The van der Waals surface area contributed by atoms with Crippen LogP contribution in [0.5, 0.6) is 0 Å². The summed E-state index contributed by atoms with van der Waals surface area (Å²) in [6.45, 7) is 2.01. The zero-order valence-corrected chi connectivity index (χ0v) is 10.9.